The zero-order valence-corrected chi connectivity index (χ0v) is 20.7. The molecular formula is C27H25N3O2S2. The normalized spacial score (nSPS) is 11.7. The highest BCUT2D eigenvalue weighted by Gasteiger charge is 2.25. The van der Waals surface area contributed by atoms with Crippen molar-refractivity contribution in [1.82, 2.24) is 15.2 Å². The summed E-state index contributed by atoms with van der Waals surface area (Å²) in [6.45, 7) is 4.93. The van der Waals surface area contributed by atoms with Crippen LogP contribution in [0.5, 0.6) is 0 Å². The number of amides is 2. The molecule has 4 rings (SSSR count). The molecule has 1 N–H and O–H groups in total. The maximum absolute atomic E-state index is 13.7. The molecule has 0 saturated carbocycles. The van der Waals surface area contributed by atoms with Crippen LogP contribution in [0.2, 0.25) is 0 Å². The summed E-state index contributed by atoms with van der Waals surface area (Å²) in [5.74, 6) is -0.545. The minimum Gasteiger partial charge on any atom is -0.338 e. The SMILES string of the molecule is CCN(CC)C(=O)/C(NC(=O)c1ccccc1)=C(/Sc1nc2ccccc2s1)c1ccccc1. The molecule has 1 heterocycles. The second-order valence-corrected chi connectivity index (χ2v) is 9.71. The summed E-state index contributed by atoms with van der Waals surface area (Å²) >= 11 is 2.97. The zero-order valence-electron chi connectivity index (χ0n) is 19.0. The molecule has 4 aromatic rings. The molecule has 0 atom stereocenters. The van der Waals surface area contributed by atoms with E-state index in [1.807, 2.05) is 74.5 Å². The molecule has 0 aliphatic carbocycles. The van der Waals surface area contributed by atoms with E-state index in [1.54, 1.807) is 40.5 Å². The first-order chi connectivity index (χ1) is 16.6. The minimum absolute atomic E-state index is 0.221. The Morgan fingerprint density at radius 2 is 1.44 bits per heavy atom. The van der Waals surface area contributed by atoms with Gasteiger partial charge in [-0.15, -0.1) is 11.3 Å². The Bertz CT molecular complexity index is 1280. The van der Waals surface area contributed by atoms with E-state index in [-0.39, 0.29) is 17.5 Å². The molecule has 0 fully saturated rings. The van der Waals surface area contributed by atoms with Crippen molar-refractivity contribution in [2.45, 2.75) is 18.2 Å². The molecule has 1 aromatic heterocycles. The summed E-state index contributed by atoms with van der Waals surface area (Å²) in [6.07, 6.45) is 0. The largest absolute Gasteiger partial charge is 0.338 e. The third kappa shape index (κ3) is 5.38. The smallest absolute Gasteiger partial charge is 0.271 e. The number of thioether (sulfide) groups is 1. The van der Waals surface area contributed by atoms with Gasteiger partial charge in [0.25, 0.3) is 11.8 Å². The van der Waals surface area contributed by atoms with E-state index in [9.17, 15) is 9.59 Å². The number of carbonyl (C=O) groups is 2. The molecule has 2 amide bonds. The second kappa shape index (κ2) is 11.1. The molecule has 0 aliphatic heterocycles. The van der Waals surface area contributed by atoms with Gasteiger partial charge in [-0.25, -0.2) is 4.98 Å². The minimum atomic E-state index is -0.325. The number of rotatable bonds is 8. The lowest BCUT2D eigenvalue weighted by Crippen LogP contribution is -2.38. The van der Waals surface area contributed by atoms with Gasteiger partial charge in [-0.1, -0.05) is 72.4 Å². The van der Waals surface area contributed by atoms with Crippen molar-refractivity contribution in [3.05, 3.63) is 102 Å². The average molecular weight is 488 g/mol. The Kier molecular flexibility index (Phi) is 7.77. The van der Waals surface area contributed by atoms with Gasteiger partial charge in [-0.3, -0.25) is 9.59 Å². The molecule has 0 bridgehead atoms. The van der Waals surface area contributed by atoms with Gasteiger partial charge in [0.2, 0.25) is 0 Å². The highest BCUT2D eigenvalue weighted by molar-refractivity contribution is 8.09. The standard InChI is InChI=1S/C27H25N3O2S2/c1-3-30(4-2)26(32)23(29-25(31)20-15-9-6-10-16-20)24(19-13-7-5-8-14-19)34-27-28-21-17-11-12-18-22(21)33-27/h5-18H,3-4H2,1-2H3,(H,29,31)/b24-23-. The van der Waals surface area contributed by atoms with E-state index in [0.29, 0.717) is 23.6 Å². The highest BCUT2D eigenvalue weighted by Crippen LogP contribution is 2.40. The number of thiazole rings is 1. The van der Waals surface area contributed by atoms with Gasteiger partial charge >= 0.3 is 0 Å². The monoisotopic (exact) mass is 487 g/mol. The van der Waals surface area contributed by atoms with Crippen molar-refractivity contribution in [1.29, 1.82) is 0 Å². The molecule has 7 heteroatoms. The Morgan fingerprint density at radius 3 is 2.06 bits per heavy atom. The molecular weight excluding hydrogens is 462 g/mol. The summed E-state index contributed by atoms with van der Waals surface area (Å²) in [5.41, 5.74) is 2.50. The van der Waals surface area contributed by atoms with Crippen LogP contribution in [-0.2, 0) is 4.79 Å². The second-order valence-electron chi connectivity index (χ2n) is 7.42. The van der Waals surface area contributed by atoms with Crippen LogP contribution in [0, 0.1) is 0 Å². The van der Waals surface area contributed by atoms with E-state index in [0.717, 1.165) is 20.1 Å². The van der Waals surface area contributed by atoms with Crippen LogP contribution in [0.4, 0.5) is 0 Å². The molecule has 0 radical (unpaired) electrons. The van der Waals surface area contributed by atoms with Crippen molar-refractivity contribution in [2.75, 3.05) is 13.1 Å². The number of para-hydroxylation sites is 1. The predicted molar refractivity (Wildman–Crippen MR) is 141 cm³/mol. The van der Waals surface area contributed by atoms with Gasteiger partial charge in [0.05, 0.1) is 15.1 Å². The molecule has 0 spiro atoms. The summed E-state index contributed by atoms with van der Waals surface area (Å²) in [6, 6.07) is 26.5. The van der Waals surface area contributed by atoms with Gasteiger partial charge < -0.3 is 10.2 Å². The van der Waals surface area contributed by atoms with Crippen LogP contribution in [0.3, 0.4) is 0 Å². The maximum Gasteiger partial charge on any atom is 0.271 e. The van der Waals surface area contributed by atoms with Crippen molar-refractivity contribution in [3.63, 3.8) is 0 Å². The molecule has 0 unspecified atom stereocenters. The fraction of sp³-hybridized carbons (Fsp3) is 0.148. The van der Waals surface area contributed by atoms with Crippen LogP contribution in [0.1, 0.15) is 29.8 Å². The number of hydrogen-bond acceptors (Lipinski definition) is 5. The van der Waals surface area contributed by atoms with Crippen molar-refractivity contribution >= 4 is 50.0 Å². The van der Waals surface area contributed by atoms with Gasteiger partial charge in [0.1, 0.15) is 5.70 Å². The van der Waals surface area contributed by atoms with Crippen molar-refractivity contribution in [2.24, 2.45) is 0 Å². The lowest BCUT2D eigenvalue weighted by atomic mass is 10.1. The van der Waals surface area contributed by atoms with Gasteiger partial charge in [0.15, 0.2) is 4.34 Å². The maximum atomic E-state index is 13.7. The number of hydrogen-bond donors (Lipinski definition) is 1. The summed E-state index contributed by atoms with van der Waals surface area (Å²) in [7, 11) is 0. The van der Waals surface area contributed by atoms with Gasteiger partial charge in [0, 0.05) is 18.7 Å². The summed E-state index contributed by atoms with van der Waals surface area (Å²) in [4.78, 5) is 34.0. The molecule has 3 aromatic carbocycles. The first-order valence-electron chi connectivity index (χ1n) is 11.1. The Morgan fingerprint density at radius 1 is 0.853 bits per heavy atom. The fourth-order valence-electron chi connectivity index (χ4n) is 3.48. The summed E-state index contributed by atoms with van der Waals surface area (Å²) < 4.78 is 1.88. The Balaban J connectivity index is 1.84. The molecule has 34 heavy (non-hydrogen) atoms. The van der Waals surface area contributed by atoms with Crippen LogP contribution in [0.25, 0.3) is 15.1 Å². The number of aromatic nitrogens is 1. The molecule has 0 saturated heterocycles. The van der Waals surface area contributed by atoms with Crippen LogP contribution in [-0.4, -0.2) is 34.8 Å². The van der Waals surface area contributed by atoms with Crippen LogP contribution >= 0.6 is 23.1 Å². The summed E-state index contributed by atoms with van der Waals surface area (Å²) in [5, 5.41) is 2.94. The predicted octanol–water partition coefficient (Wildman–Crippen LogP) is 6.06. The van der Waals surface area contributed by atoms with Crippen LogP contribution < -0.4 is 5.32 Å². The molecule has 172 valence electrons. The van der Waals surface area contributed by atoms with E-state index in [4.69, 9.17) is 4.98 Å². The Labute approximate surface area is 207 Å². The lowest BCUT2D eigenvalue weighted by Gasteiger charge is -2.23. The van der Waals surface area contributed by atoms with E-state index >= 15 is 0 Å². The van der Waals surface area contributed by atoms with Gasteiger partial charge in [-0.05, 0) is 43.7 Å². The quantitative estimate of drug-likeness (QED) is 0.243. The third-order valence-corrected chi connectivity index (χ3v) is 7.51. The number of likely N-dealkylation sites (N-methyl/N-ethyl adjacent to an activating group) is 1. The lowest BCUT2D eigenvalue weighted by molar-refractivity contribution is -0.127. The average Bonchev–Trinajstić information content (AvgIpc) is 3.30. The highest BCUT2D eigenvalue weighted by atomic mass is 32.2. The zero-order chi connectivity index (χ0) is 23.9. The van der Waals surface area contributed by atoms with Gasteiger partial charge in [-0.2, -0.15) is 0 Å². The van der Waals surface area contributed by atoms with Crippen molar-refractivity contribution in [3.8, 4) is 0 Å². The number of nitrogens with one attached hydrogen (secondary N) is 1. The first kappa shape index (κ1) is 23.7. The molecule has 5 nitrogen and oxygen atoms in total. The number of benzene rings is 3. The van der Waals surface area contributed by atoms with Crippen molar-refractivity contribution < 1.29 is 9.59 Å². The number of nitrogens with zero attached hydrogens (tertiary/aromatic N) is 2. The van der Waals surface area contributed by atoms with E-state index < -0.39 is 0 Å². The van der Waals surface area contributed by atoms with E-state index in [2.05, 4.69) is 5.32 Å². The number of carbonyl (C=O) groups excluding carboxylic acids is 2. The first-order valence-corrected chi connectivity index (χ1v) is 12.7. The van der Waals surface area contributed by atoms with Crippen LogP contribution in [0.15, 0.2) is 95.0 Å². The number of fused-ring (bicyclic) bond motifs is 1. The third-order valence-electron chi connectivity index (χ3n) is 5.27. The Hall–Kier alpha value is -3.42. The van der Waals surface area contributed by atoms with E-state index in [1.165, 1.54) is 11.8 Å². The fourth-order valence-corrected chi connectivity index (χ4v) is 5.67. The topological polar surface area (TPSA) is 62.3 Å². The molecule has 0 aliphatic rings.